The van der Waals surface area contributed by atoms with Gasteiger partial charge in [0.2, 0.25) is 0 Å². The Morgan fingerprint density at radius 2 is 1.43 bits per heavy atom. The minimum Gasteiger partial charge on any atom is -0.456 e. The van der Waals surface area contributed by atoms with Crippen molar-refractivity contribution in [3.8, 4) is 0 Å². The van der Waals surface area contributed by atoms with Crippen molar-refractivity contribution in [2.24, 2.45) is 16.7 Å². The Bertz CT molecular complexity index is 2330. The maximum Gasteiger partial charge on any atom is 0.338 e. The van der Waals surface area contributed by atoms with Crippen molar-refractivity contribution in [3.05, 3.63) is 118 Å². The highest BCUT2D eigenvalue weighted by atomic mass is 16.6. The Kier molecular flexibility index (Phi) is 12.0. The minimum absolute atomic E-state index is 0.00245. The van der Waals surface area contributed by atoms with Crippen LogP contribution in [0.4, 0.5) is 0 Å². The molecule has 1 amide bonds. The lowest BCUT2D eigenvalue weighted by atomic mass is 9.44. The Hall–Kier alpha value is -5.74. The zero-order valence-electron chi connectivity index (χ0n) is 36.2. The molecule has 1 aliphatic heterocycles. The lowest BCUT2D eigenvalue weighted by molar-refractivity contribution is -0.346. The fraction of sp³-hybridized carbons (Fsp3) is 0.458. The predicted octanol–water partition coefficient (Wildman–Crippen LogP) is 4.04. The van der Waals surface area contributed by atoms with Crippen molar-refractivity contribution in [3.63, 3.8) is 0 Å². The molecule has 1 saturated heterocycles. The highest BCUT2D eigenvalue weighted by Crippen LogP contribution is 2.64. The smallest absolute Gasteiger partial charge is 0.338 e. The van der Waals surface area contributed by atoms with Crippen LogP contribution >= 0.6 is 0 Å². The SMILES string of the molecule is CC(=O)O[C@@H]1C(=O)[C@@]2(C)C(C(OC(=O)c3ccccc3)[C@]3(O)CC(OC(=O)C(O)C(NC(=O)c4ccccc4)c4ccc(C)cc4)C(C)=C1C3(C)C)[C@]1(OC(C)=O)CO[C@@H]1C[C@@H]2O. The van der Waals surface area contributed by atoms with Crippen LogP contribution < -0.4 is 5.32 Å². The van der Waals surface area contributed by atoms with E-state index >= 15 is 4.79 Å². The number of Topliss-reactive ketones (excluding diaryl/α,β-unsaturated/α-hetero) is 1. The van der Waals surface area contributed by atoms with Crippen LogP contribution in [0.3, 0.4) is 0 Å². The van der Waals surface area contributed by atoms with E-state index in [9.17, 15) is 39.3 Å². The Morgan fingerprint density at radius 3 is 1.98 bits per heavy atom. The van der Waals surface area contributed by atoms with Crippen LogP contribution in [0.1, 0.15) is 92.3 Å². The number of esters is 4. The monoisotopic (exact) mass is 867 g/mol. The predicted molar refractivity (Wildman–Crippen MR) is 222 cm³/mol. The molecule has 3 aliphatic carbocycles. The fourth-order valence-electron chi connectivity index (χ4n) is 10.3. The average Bonchev–Trinajstić information content (AvgIpc) is 3.24. The fourth-order valence-corrected chi connectivity index (χ4v) is 10.3. The highest BCUT2D eigenvalue weighted by Gasteiger charge is 2.78. The summed E-state index contributed by atoms with van der Waals surface area (Å²) in [6.45, 7) is 9.83. The third-order valence-corrected chi connectivity index (χ3v) is 13.8. The van der Waals surface area contributed by atoms with Crippen LogP contribution in [-0.4, -0.2) is 105 Å². The number of ketones is 1. The number of hydrogen-bond acceptors (Lipinski definition) is 14. The molecule has 1 heterocycles. The van der Waals surface area contributed by atoms with Gasteiger partial charge in [-0.1, -0.05) is 80.1 Å². The second-order valence-electron chi connectivity index (χ2n) is 17.9. The summed E-state index contributed by atoms with van der Waals surface area (Å²) in [7, 11) is 0. The molecule has 3 aromatic rings. The molecule has 4 N–H and O–H groups in total. The number of benzene rings is 3. The van der Waals surface area contributed by atoms with Gasteiger partial charge in [-0.2, -0.15) is 0 Å². The first-order valence-corrected chi connectivity index (χ1v) is 20.9. The van der Waals surface area contributed by atoms with E-state index in [0.717, 1.165) is 19.4 Å². The van der Waals surface area contributed by atoms with Gasteiger partial charge in [-0.15, -0.1) is 0 Å². The van der Waals surface area contributed by atoms with Gasteiger partial charge in [-0.05, 0) is 61.7 Å². The molecule has 11 atom stereocenters. The summed E-state index contributed by atoms with van der Waals surface area (Å²) in [6.07, 6.45) is -10.5. The summed E-state index contributed by atoms with van der Waals surface area (Å²) in [5, 5.41) is 40.4. The van der Waals surface area contributed by atoms with Gasteiger partial charge in [-0.25, -0.2) is 9.59 Å². The number of ether oxygens (including phenoxy) is 5. The van der Waals surface area contributed by atoms with E-state index in [1.807, 2.05) is 6.92 Å². The number of nitrogens with one attached hydrogen (secondary N) is 1. The summed E-state index contributed by atoms with van der Waals surface area (Å²) in [5.74, 6) is -6.84. The maximum absolute atomic E-state index is 15.5. The van der Waals surface area contributed by atoms with Crippen molar-refractivity contribution >= 4 is 35.6 Å². The normalized spacial score (nSPS) is 31.6. The molecule has 15 nitrogen and oxygen atoms in total. The Morgan fingerprint density at radius 1 is 0.825 bits per heavy atom. The second-order valence-corrected chi connectivity index (χ2v) is 17.9. The largest absolute Gasteiger partial charge is 0.456 e. The van der Waals surface area contributed by atoms with Gasteiger partial charge in [-0.3, -0.25) is 19.2 Å². The average molecular weight is 868 g/mol. The van der Waals surface area contributed by atoms with Gasteiger partial charge >= 0.3 is 23.9 Å². The third kappa shape index (κ3) is 7.64. The minimum atomic E-state index is -2.39. The second kappa shape index (κ2) is 16.8. The number of amides is 1. The summed E-state index contributed by atoms with van der Waals surface area (Å²) in [4.78, 5) is 83.7. The molecule has 3 fully saturated rings. The third-order valence-electron chi connectivity index (χ3n) is 13.8. The number of carbonyl (C=O) groups excluding carboxylic acids is 6. The van der Waals surface area contributed by atoms with Gasteiger partial charge < -0.3 is 44.3 Å². The highest BCUT2D eigenvalue weighted by molar-refractivity contribution is 5.96. The van der Waals surface area contributed by atoms with Crippen LogP contribution in [-0.2, 0) is 42.9 Å². The van der Waals surface area contributed by atoms with E-state index in [2.05, 4.69) is 5.32 Å². The van der Waals surface area contributed by atoms with Gasteiger partial charge in [0.25, 0.3) is 5.91 Å². The topological polar surface area (TPSA) is 221 Å². The molecule has 5 unspecified atom stereocenters. The van der Waals surface area contributed by atoms with E-state index < -0.39 is 113 Å². The number of hydrogen-bond donors (Lipinski definition) is 4. The molecule has 7 rings (SSSR count). The summed E-state index contributed by atoms with van der Waals surface area (Å²) in [5.41, 5.74) is -6.14. The standard InChI is InChI=1S/C48H53NO14/c1-25-18-20-29(21-19-25)36(49-42(55)30-14-10-8-11-15-30)37(53)44(57)61-32-23-48(58)41(62-43(56)31-16-12-9-13-17-31)39-46(7,33(52)22-34-47(39,24-59-34)63-28(4)51)40(54)38(60-27(3)50)35(26(32)2)45(48,5)6/h8-21,32-34,36-39,41,52-53,58H,22-24H2,1-7H3,(H,49,55)/t32?,33-,34+,36?,37?,38-,39?,41?,46+,47-,48+/m0/s1. The summed E-state index contributed by atoms with van der Waals surface area (Å²) >= 11 is 0. The quantitative estimate of drug-likeness (QED) is 0.128. The first-order chi connectivity index (χ1) is 29.7. The summed E-state index contributed by atoms with van der Waals surface area (Å²) < 4.78 is 30.3. The van der Waals surface area contributed by atoms with Gasteiger partial charge in [0.15, 0.2) is 23.6 Å². The first-order valence-electron chi connectivity index (χ1n) is 20.9. The van der Waals surface area contributed by atoms with Crippen molar-refractivity contribution in [2.75, 3.05) is 6.61 Å². The van der Waals surface area contributed by atoms with Gasteiger partial charge in [0.05, 0.1) is 35.6 Å². The number of aliphatic hydroxyl groups is 3. The van der Waals surface area contributed by atoms with Crippen LogP contribution in [0.15, 0.2) is 96.1 Å². The van der Waals surface area contributed by atoms with Crippen molar-refractivity contribution in [1.82, 2.24) is 5.32 Å². The van der Waals surface area contributed by atoms with Gasteiger partial charge in [0.1, 0.15) is 23.9 Å². The molecular formula is C48H53NO14. The van der Waals surface area contributed by atoms with E-state index in [0.29, 0.717) is 5.56 Å². The van der Waals surface area contributed by atoms with Crippen LogP contribution in [0, 0.1) is 23.7 Å². The molecule has 0 radical (unpaired) electrons. The molecule has 63 heavy (non-hydrogen) atoms. The van der Waals surface area contributed by atoms with E-state index in [-0.39, 0.29) is 35.3 Å². The van der Waals surface area contributed by atoms with Crippen LogP contribution in [0.25, 0.3) is 0 Å². The molecule has 0 aromatic heterocycles. The first kappa shape index (κ1) is 45.3. The molecule has 2 saturated carbocycles. The van der Waals surface area contributed by atoms with Crippen LogP contribution in [0.2, 0.25) is 0 Å². The molecule has 0 spiro atoms. The molecule has 334 valence electrons. The maximum atomic E-state index is 15.5. The Labute approximate surface area is 364 Å². The lowest BCUT2D eigenvalue weighted by Crippen LogP contribution is -2.82. The van der Waals surface area contributed by atoms with Crippen LogP contribution in [0.5, 0.6) is 0 Å². The van der Waals surface area contributed by atoms with Crippen molar-refractivity contribution in [1.29, 1.82) is 0 Å². The molecule has 15 heteroatoms. The molecular weight excluding hydrogens is 815 g/mol. The van der Waals surface area contributed by atoms with E-state index in [1.54, 1.807) is 86.6 Å². The molecule has 3 aromatic carbocycles. The summed E-state index contributed by atoms with van der Waals surface area (Å²) in [6, 6.07) is 21.5. The zero-order valence-corrected chi connectivity index (χ0v) is 36.2. The zero-order chi connectivity index (χ0) is 45.8. The molecule has 4 aliphatic rings. The number of aliphatic hydroxyl groups excluding tert-OH is 2. The number of aryl methyl sites for hydroxylation is 1. The molecule has 2 bridgehead atoms. The number of fused-ring (bicyclic) bond motifs is 5. The van der Waals surface area contributed by atoms with E-state index in [1.165, 1.54) is 26.0 Å². The number of rotatable bonds is 10. The van der Waals surface area contributed by atoms with Crippen molar-refractivity contribution < 1.29 is 67.8 Å². The van der Waals surface area contributed by atoms with E-state index in [4.69, 9.17) is 23.7 Å². The van der Waals surface area contributed by atoms with Crippen molar-refractivity contribution in [2.45, 2.75) is 115 Å². The van der Waals surface area contributed by atoms with Gasteiger partial charge in [0, 0.05) is 37.7 Å². The number of carbonyl (C=O) groups is 6. The Balaban J connectivity index is 1.39. The lowest BCUT2D eigenvalue weighted by Gasteiger charge is -2.67.